The molecule has 1 amide bonds. The number of benzene rings is 1. The van der Waals surface area contributed by atoms with Gasteiger partial charge < -0.3 is 11.1 Å². The van der Waals surface area contributed by atoms with Gasteiger partial charge in [-0.3, -0.25) is 4.79 Å². The van der Waals surface area contributed by atoms with E-state index >= 15 is 0 Å². The number of nitrogens with one attached hydrogen (secondary N) is 1. The van der Waals surface area contributed by atoms with Crippen LogP contribution >= 0.6 is 15.9 Å². The van der Waals surface area contributed by atoms with E-state index in [0.29, 0.717) is 24.2 Å². The Balaban J connectivity index is 2.73. The fraction of sp³-hybridized carbons (Fsp3) is 0.182. The molecule has 0 spiro atoms. The fourth-order valence-corrected chi connectivity index (χ4v) is 1.43. The molecule has 0 bridgehead atoms. The van der Waals surface area contributed by atoms with Crippen LogP contribution in [0.5, 0.6) is 0 Å². The molecule has 0 radical (unpaired) electrons. The van der Waals surface area contributed by atoms with Crippen molar-refractivity contribution >= 4 is 27.5 Å². The zero-order valence-electron chi connectivity index (χ0n) is 8.09. The first-order chi connectivity index (χ1) is 7.15. The highest BCUT2D eigenvalue weighted by molar-refractivity contribution is 9.10. The van der Waals surface area contributed by atoms with Crippen molar-refractivity contribution in [3.05, 3.63) is 28.2 Å². The van der Waals surface area contributed by atoms with E-state index in [2.05, 4.69) is 27.2 Å². The van der Waals surface area contributed by atoms with Gasteiger partial charge >= 0.3 is 0 Å². The maximum atomic E-state index is 11.6. The lowest BCUT2D eigenvalue weighted by molar-refractivity contribution is 0.0955. The molecule has 0 saturated carbocycles. The predicted molar refractivity (Wildman–Crippen MR) is 64.3 cm³/mol. The number of carbonyl (C=O) groups is 1. The Morgan fingerprint density at radius 1 is 1.60 bits per heavy atom. The van der Waals surface area contributed by atoms with E-state index in [4.69, 9.17) is 12.2 Å². The summed E-state index contributed by atoms with van der Waals surface area (Å²) in [6, 6.07) is 5.15. The predicted octanol–water partition coefficient (Wildman–Crippen LogP) is 1.78. The van der Waals surface area contributed by atoms with E-state index in [9.17, 15) is 4.79 Å². The topological polar surface area (TPSA) is 55.1 Å². The van der Waals surface area contributed by atoms with Gasteiger partial charge in [0, 0.05) is 23.1 Å². The van der Waals surface area contributed by atoms with Crippen LogP contribution in [0.25, 0.3) is 0 Å². The van der Waals surface area contributed by atoms with Crippen LogP contribution in [0.15, 0.2) is 22.7 Å². The Kier molecular flexibility index (Phi) is 4.19. The highest BCUT2D eigenvalue weighted by atomic mass is 79.9. The molecule has 0 heterocycles. The van der Waals surface area contributed by atoms with E-state index in [1.54, 1.807) is 18.2 Å². The first kappa shape index (κ1) is 11.6. The number of hydrogen-bond donors (Lipinski definition) is 2. The quantitative estimate of drug-likeness (QED) is 0.498. The Morgan fingerprint density at radius 2 is 2.33 bits per heavy atom. The number of halogens is 1. The Morgan fingerprint density at radius 3 is 3.00 bits per heavy atom. The van der Waals surface area contributed by atoms with Crippen LogP contribution in [0.3, 0.4) is 0 Å². The van der Waals surface area contributed by atoms with Crippen molar-refractivity contribution in [1.29, 1.82) is 0 Å². The van der Waals surface area contributed by atoms with Crippen LogP contribution < -0.4 is 11.1 Å². The zero-order chi connectivity index (χ0) is 11.3. The average molecular weight is 267 g/mol. The molecule has 0 atom stereocenters. The van der Waals surface area contributed by atoms with Crippen LogP contribution in [0.1, 0.15) is 16.8 Å². The molecule has 1 aromatic rings. The third kappa shape index (κ3) is 3.30. The van der Waals surface area contributed by atoms with E-state index in [1.165, 1.54) is 0 Å². The molecule has 15 heavy (non-hydrogen) atoms. The van der Waals surface area contributed by atoms with Crippen LogP contribution in [-0.4, -0.2) is 12.5 Å². The van der Waals surface area contributed by atoms with Gasteiger partial charge in [-0.1, -0.05) is 15.9 Å². The molecule has 1 aromatic carbocycles. The van der Waals surface area contributed by atoms with Gasteiger partial charge in [0.2, 0.25) is 0 Å². The van der Waals surface area contributed by atoms with Gasteiger partial charge in [-0.05, 0) is 18.2 Å². The molecule has 0 fully saturated rings. The van der Waals surface area contributed by atoms with E-state index in [-0.39, 0.29) is 5.91 Å². The summed E-state index contributed by atoms with van der Waals surface area (Å²) in [7, 11) is 0. The summed E-state index contributed by atoms with van der Waals surface area (Å²) in [5, 5.41) is 2.69. The highest BCUT2D eigenvalue weighted by Gasteiger charge is 2.08. The van der Waals surface area contributed by atoms with Crippen LogP contribution in [0, 0.1) is 12.3 Å². The molecule has 0 aromatic heterocycles. The fourth-order valence-electron chi connectivity index (χ4n) is 1.07. The molecule has 0 saturated heterocycles. The van der Waals surface area contributed by atoms with Gasteiger partial charge in [-0.25, -0.2) is 0 Å². The van der Waals surface area contributed by atoms with Gasteiger partial charge in [-0.2, -0.15) is 0 Å². The number of hydrogen-bond acceptors (Lipinski definition) is 2. The van der Waals surface area contributed by atoms with E-state index < -0.39 is 0 Å². The monoisotopic (exact) mass is 266 g/mol. The van der Waals surface area contributed by atoms with Gasteiger partial charge in [-0.15, -0.1) is 12.3 Å². The van der Waals surface area contributed by atoms with Gasteiger partial charge in [0.25, 0.3) is 5.91 Å². The molecule has 0 aliphatic rings. The van der Waals surface area contributed by atoms with Gasteiger partial charge in [0.15, 0.2) is 0 Å². The highest BCUT2D eigenvalue weighted by Crippen LogP contribution is 2.18. The van der Waals surface area contributed by atoms with Crippen molar-refractivity contribution in [3.8, 4) is 12.3 Å². The molecule has 4 heteroatoms. The lowest BCUT2D eigenvalue weighted by atomic mass is 10.1. The number of carbonyl (C=O) groups excluding carboxylic acids is 1. The normalized spacial score (nSPS) is 9.33. The standard InChI is InChI=1S/C11H11BrN2O/c1-2-3-6-14-11(15)9-7-8(12)4-5-10(9)13/h1,4-5,7H,3,6,13H2,(H,14,15). The van der Waals surface area contributed by atoms with E-state index in [0.717, 1.165) is 4.47 Å². The summed E-state index contributed by atoms with van der Waals surface area (Å²) in [5.74, 6) is 2.24. The Hall–Kier alpha value is -1.47. The summed E-state index contributed by atoms with van der Waals surface area (Å²) in [5.41, 5.74) is 6.59. The minimum atomic E-state index is -0.205. The minimum absolute atomic E-state index is 0.205. The summed E-state index contributed by atoms with van der Waals surface area (Å²) >= 11 is 3.28. The second-order valence-corrected chi connectivity index (χ2v) is 3.86. The zero-order valence-corrected chi connectivity index (χ0v) is 9.67. The lowest BCUT2D eigenvalue weighted by Crippen LogP contribution is -2.25. The summed E-state index contributed by atoms with van der Waals surface area (Å²) in [6.07, 6.45) is 5.59. The average Bonchev–Trinajstić information content (AvgIpc) is 2.22. The van der Waals surface area contributed by atoms with Crippen LogP contribution in [0.2, 0.25) is 0 Å². The maximum absolute atomic E-state index is 11.6. The molecule has 1 rings (SSSR count). The molecular formula is C11H11BrN2O. The van der Waals surface area contributed by atoms with Crippen molar-refractivity contribution in [2.75, 3.05) is 12.3 Å². The summed E-state index contributed by atoms with van der Waals surface area (Å²) < 4.78 is 0.818. The first-order valence-electron chi connectivity index (χ1n) is 4.42. The number of nitrogen functional groups attached to an aromatic ring is 1. The van der Waals surface area contributed by atoms with Gasteiger partial charge in [0.1, 0.15) is 0 Å². The minimum Gasteiger partial charge on any atom is -0.398 e. The third-order valence-electron chi connectivity index (χ3n) is 1.81. The SMILES string of the molecule is C#CCCNC(=O)c1cc(Br)ccc1N. The third-order valence-corrected chi connectivity index (χ3v) is 2.31. The number of amides is 1. The molecule has 0 aliphatic carbocycles. The largest absolute Gasteiger partial charge is 0.398 e. The Bertz CT molecular complexity index is 410. The van der Waals surface area contributed by atoms with Crippen LogP contribution in [-0.2, 0) is 0 Å². The lowest BCUT2D eigenvalue weighted by Gasteiger charge is -2.06. The van der Waals surface area contributed by atoms with Crippen LogP contribution in [0.4, 0.5) is 5.69 Å². The number of terminal acetylenes is 1. The Labute approximate surface area is 97.2 Å². The first-order valence-corrected chi connectivity index (χ1v) is 5.21. The van der Waals surface area contributed by atoms with Crippen molar-refractivity contribution in [1.82, 2.24) is 5.32 Å². The molecule has 0 aliphatic heterocycles. The maximum Gasteiger partial charge on any atom is 0.253 e. The van der Waals surface area contributed by atoms with Crippen molar-refractivity contribution in [3.63, 3.8) is 0 Å². The molecule has 3 N–H and O–H groups in total. The van der Waals surface area contributed by atoms with Gasteiger partial charge in [0.05, 0.1) is 5.56 Å². The molecule has 78 valence electrons. The molecule has 3 nitrogen and oxygen atoms in total. The molecular weight excluding hydrogens is 256 g/mol. The summed E-state index contributed by atoms with van der Waals surface area (Å²) in [4.78, 5) is 11.6. The second-order valence-electron chi connectivity index (χ2n) is 2.94. The van der Waals surface area contributed by atoms with Crippen molar-refractivity contribution < 1.29 is 4.79 Å². The summed E-state index contributed by atoms with van der Waals surface area (Å²) in [6.45, 7) is 0.460. The van der Waals surface area contributed by atoms with Crippen molar-refractivity contribution in [2.45, 2.75) is 6.42 Å². The number of rotatable bonds is 3. The smallest absolute Gasteiger partial charge is 0.253 e. The number of nitrogens with two attached hydrogens (primary N) is 1. The number of anilines is 1. The van der Waals surface area contributed by atoms with Crippen molar-refractivity contribution in [2.24, 2.45) is 0 Å². The molecule has 0 unspecified atom stereocenters. The van der Waals surface area contributed by atoms with E-state index in [1.807, 2.05) is 0 Å². The second kappa shape index (κ2) is 5.42.